The van der Waals surface area contributed by atoms with Crippen molar-refractivity contribution < 1.29 is 22.7 Å². The number of ether oxygens (including phenoxy) is 1. The molecular formula is C17H23NO5S. The Hall–Kier alpha value is -1.89. The van der Waals surface area contributed by atoms with Gasteiger partial charge in [-0.05, 0) is 31.9 Å². The Morgan fingerprint density at radius 3 is 2.42 bits per heavy atom. The molecule has 1 saturated heterocycles. The van der Waals surface area contributed by atoms with Gasteiger partial charge in [-0.2, -0.15) is 0 Å². The molecule has 0 aliphatic carbocycles. The van der Waals surface area contributed by atoms with Crippen LogP contribution in [-0.2, 0) is 24.3 Å². The number of rotatable bonds is 4. The van der Waals surface area contributed by atoms with Gasteiger partial charge >= 0.3 is 5.97 Å². The van der Waals surface area contributed by atoms with Gasteiger partial charge in [-0.3, -0.25) is 9.59 Å². The smallest absolute Gasteiger partial charge is 0.307 e. The van der Waals surface area contributed by atoms with Crippen LogP contribution >= 0.6 is 0 Å². The summed E-state index contributed by atoms with van der Waals surface area (Å²) in [5.74, 6) is -1.01. The van der Waals surface area contributed by atoms with Crippen molar-refractivity contribution in [2.45, 2.75) is 51.0 Å². The van der Waals surface area contributed by atoms with E-state index in [1.165, 1.54) is 19.2 Å². The number of amides is 1. The summed E-state index contributed by atoms with van der Waals surface area (Å²) in [4.78, 5) is 24.5. The van der Waals surface area contributed by atoms with Crippen LogP contribution in [0.2, 0.25) is 0 Å². The topological polar surface area (TPSA) is 80.8 Å². The third-order valence-electron chi connectivity index (χ3n) is 4.42. The highest BCUT2D eigenvalue weighted by atomic mass is 32.2. The second kappa shape index (κ2) is 6.55. The third-order valence-corrected chi connectivity index (χ3v) is 6.27. The van der Waals surface area contributed by atoms with Crippen LogP contribution in [0.25, 0.3) is 0 Å². The van der Waals surface area contributed by atoms with Crippen molar-refractivity contribution in [2.75, 3.05) is 7.11 Å². The Balaban J connectivity index is 2.47. The molecule has 1 fully saturated rings. The van der Waals surface area contributed by atoms with Gasteiger partial charge < -0.3 is 4.74 Å². The average Bonchev–Trinajstić information content (AvgIpc) is 2.51. The summed E-state index contributed by atoms with van der Waals surface area (Å²) in [6, 6.07) is 5.61. The van der Waals surface area contributed by atoms with Gasteiger partial charge in [-0.1, -0.05) is 31.5 Å². The van der Waals surface area contributed by atoms with Crippen LogP contribution in [0.1, 0.15) is 38.7 Å². The molecule has 1 amide bonds. The zero-order chi connectivity index (χ0) is 18.1. The second-order valence-corrected chi connectivity index (χ2v) is 8.59. The minimum Gasteiger partial charge on any atom is -0.469 e. The number of benzene rings is 1. The summed E-state index contributed by atoms with van der Waals surface area (Å²) in [6.45, 7) is 5.30. The first-order chi connectivity index (χ1) is 11.1. The molecule has 0 aromatic heterocycles. The van der Waals surface area contributed by atoms with Gasteiger partial charge in [0.2, 0.25) is 5.91 Å². The molecule has 2 rings (SSSR count). The van der Waals surface area contributed by atoms with E-state index in [0.29, 0.717) is 12.8 Å². The molecule has 1 aromatic carbocycles. The molecule has 0 saturated carbocycles. The maximum absolute atomic E-state index is 13.0. The fraction of sp³-hybridized carbons (Fsp3) is 0.529. The number of methoxy groups -OCH3 is 1. The average molecular weight is 353 g/mol. The van der Waals surface area contributed by atoms with Crippen LogP contribution in [0.3, 0.4) is 0 Å². The number of esters is 1. The first kappa shape index (κ1) is 18.4. The molecule has 1 aliphatic heterocycles. The third kappa shape index (κ3) is 3.45. The summed E-state index contributed by atoms with van der Waals surface area (Å²) < 4.78 is 31.6. The predicted octanol–water partition coefficient (Wildman–Crippen LogP) is 2.26. The molecule has 0 N–H and O–H groups in total. The van der Waals surface area contributed by atoms with E-state index in [1.807, 2.05) is 6.92 Å². The number of aryl methyl sites for hydroxylation is 1. The van der Waals surface area contributed by atoms with Crippen molar-refractivity contribution in [1.82, 2.24) is 4.31 Å². The summed E-state index contributed by atoms with van der Waals surface area (Å²) >= 11 is 0. The molecule has 1 heterocycles. The summed E-state index contributed by atoms with van der Waals surface area (Å²) in [7, 11) is -2.78. The predicted molar refractivity (Wildman–Crippen MR) is 88.6 cm³/mol. The zero-order valence-electron chi connectivity index (χ0n) is 14.4. The van der Waals surface area contributed by atoms with E-state index in [9.17, 15) is 18.0 Å². The highest BCUT2D eigenvalue weighted by Crippen LogP contribution is 2.37. The first-order valence-corrected chi connectivity index (χ1v) is 9.26. The number of nitrogens with zero attached hydrogens (tertiary/aromatic N) is 1. The van der Waals surface area contributed by atoms with Gasteiger partial charge in [-0.15, -0.1) is 0 Å². The van der Waals surface area contributed by atoms with E-state index in [0.717, 1.165) is 9.87 Å². The number of carbonyl (C=O) groups excluding carboxylic acids is 2. The number of hydrogen-bond donors (Lipinski definition) is 0. The molecule has 0 bridgehead atoms. The standard InChI is InChI=1S/C17H23NO5S/c1-12-5-7-14(8-6-12)24(21,22)18-13(11-15(19)23-4)9-10-17(2,3)16(18)20/h5-8,13H,9-11H2,1-4H3. The number of piperidine rings is 1. The van der Waals surface area contributed by atoms with Crippen molar-refractivity contribution in [2.24, 2.45) is 5.41 Å². The maximum atomic E-state index is 13.0. The highest BCUT2D eigenvalue weighted by Gasteiger charge is 2.47. The van der Waals surface area contributed by atoms with E-state index >= 15 is 0 Å². The highest BCUT2D eigenvalue weighted by molar-refractivity contribution is 7.89. The molecular weight excluding hydrogens is 330 g/mol. The van der Waals surface area contributed by atoms with Crippen LogP contribution < -0.4 is 0 Å². The first-order valence-electron chi connectivity index (χ1n) is 7.82. The largest absolute Gasteiger partial charge is 0.469 e. The van der Waals surface area contributed by atoms with E-state index in [1.54, 1.807) is 26.0 Å². The van der Waals surface area contributed by atoms with E-state index in [2.05, 4.69) is 4.74 Å². The van der Waals surface area contributed by atoms with Gasteiger partial charge in [0.05, 0.1) is 24.5 Å². The van der Waals surface area contributed by atoms with E-state index in [4.69, 9.17) is 0 Å². The molecule has 1 unspecified atom stereocenters. The van der Waals surface area contributed by atoms with Gasteiger partial charge in [0.25, 0.3) is 10.0 Å². The fourth-order valence-corrected chi connectivity index (χ4v) is 4.55. The minimum atomic E-state index is -4.03. The van der Waals surface area contributed by atoms with Crippen molar-refractivity contribution in [1.29, 1.82) is 0 Å². The lowest BCUT2D eigenvalue weighted by atomic mass is 9.81. The summed E-state index contributed by atoms with van der Waals surface area (Å²) in [5, 5.41) is 0. The molecule has 24 heavy (non-hydrogen) atoms. The van der Waals surface area contributed by atoms with Crippen LogP contribution in [0.15, 0.2) is 29.2 Å². The van der Waals surface area contributed by atoms with E-state index in [-0.39, 0.29) is 11.3 Å². The van der Waals surface area contributed by atoms with Crippen LogP contribution in [0.4, 0.5) is 0 Å². The molecule has 0 radical (unpaired) electrons. The number of carbonyl (C=O) groups is 2. The van der Waals surface area contributed by atoms with Crippen molar-refractivity contribution >= 4 is 21.9 Å². The molecule has 7 heteroatoms. The molecule has 0 spiro atoms. The summed E-state index contributed by atoms with van der Waals surface area (Å²) in [5.41, 5.74) is 0.134. The fourth-order valence-electron chi connectivity index (χ4n) is 2.81. The zero-order valence-corrected chi connectivity index (χ0v) is 15.2. The lowest BCUT2D eigenvalue weighted by molar-refractivity contribution is -0.146. The van der Waals surface area contributed by atoms with Crippen molar-refractivity contribution in [3.8, 4) is 0 Å². The van der Waals surface area contributed by atoms with Gasteiger partial charge in [0, 0.05) is 5.41 Å². The Labute approximate surface area is 142 Å². The second-order valence-electron chi connectivity index (χ2n) is 6.78. The molecule has 6 nitrogen and oxygen atoms in total. The van der Waals surface area contributed by atoms with Gasteiger partial charge in [0.1, 0.15) is 0 Å². The SMILES string of the molecule is COC(=O)CC1CCC(C)(C)C(=O)N1S(=O)(=O)c1ccc(C)cc1. The molecule has 1 aromatic rings. The lowest BCUT2D eigenvalue weighted by Crippen LogP contribution is -2.54. The normalized spacial score (nSPS) is 20.8. The van der Waals surface area contributed by atoms with Crippen LogP contribution in [-0.4, -0.2) is 37.8 Å². The Morgan fingerprint density at radius 1 is 1.29 bits per heavy atom. The maximum Gasteiger partial charge on any atom is 0.307 e. The van der Waals surface area contributed by atoms with Crippen molar-refractivity contribution in [3.63, 3.8) is 0 Å². The monoisotopic (exact) mass is 353 g/mol. The van der Waals surface area contributed by atoms with Crippen molar-refractivity contribution in [3.05, 3.63) is 29.8 Å². The van der Waals surface area contributed by atoms with Gasteiger partial charge in [-0.25, -0.2) is 12.7 Å². The van der Waals surface area contributed by atoms with E-state index < -0.39 is 33.4 Å². The molecule has 1 aliphatic rings. The Bertz CT molecular complexity index is 737. The summed E-state index contributed by atoms with van der Waals surface area (Å²) in [6.07, 6.45) is 0.815. The quantitative estimate of drug-likeness (QED) is 0.776. The molecule has 132 valence electrons. The Morgan fingerprint density at radius 2 is 1.88 bits per heavy atom. The van der Waals surface area contributed by atoms with Crippen LogP contribution in [0.5, 0.6) is 0 Å². The Kier molecular flexibility index (Phi) is 5.03. The minimum absolute atomic E-state index is 0.0500. The number of sulfonamides is 1. The molecule has 1 atom stereocenters. The number of hydrogen-bond acceptors (Lipinski definition) is 5. The lowest BCUT2D eigenvalue weighted by Gasteiger charge is -2.41. The van der Waals surface area contributed by atoms with Gasteiger partial charge in [0.15, 0.2) is 0 Å². The van der Waals surface area contributed by atoms with Crippen LogP contribution in [0, 0.1) is 12.3 Å².